The van der Waals surface area contributed by atoms with E-state index in [4.69, 9.17) is 0 Å². The first-order chi connectivity index (χ1) is 11.7. The van der Waals surface area contributed by atoms with Crippen LogP contribution in [0.4, 0.5) is 8.78 Å². The number of carbonyl (C=O) groups excluding carboxylic acids is 1. The van der Waals surface area contributed by atoms with Crippen molar-refractivity contribution in [3.63, 3.8) is 0 Å². The van der Waals surface area contributed by atoms with Gasteiger partial charge in [0, 0.05) is 6.61 Å². The van der Waals surface area contributed by atoms with Crippen molar-refractivity contribution in [2.45, 2.75) is 38.6 Å². The van der Waals surface area contributed by atoms with E-state index in [2.05, 4.69) is 26.1 Å². The molecule has 0 aliphatic carbocycles. The Hall–Kier alpha value is -2.27. The van der Waals surface area contributed by atoms with Crippen LogP contribution in [0.25, 0.3) is 0 Å². The van der Waals surface area contributed by atoms with Crippen LogP contribution in [0.1, 0.15) is 54.7 Å². The second-order valence-electron chi connectivity index (χ2n) is 7.01. The van der Waals surface area contributed by atoms with Gasteiger partial charge in [0.05, 0.1) is 6.04 Å². The smallest absolute Gasteiger partial charge is 0.257 e. The highest BCUT2D eigenvalue weighted by Gasteiger charge is 2.22. The zero-order chi connectivity index (χ0) is 18.6. The zero-order valence-electron chi connectivity index (χ0n) is 14.6. The molecule has 1 unspecified atom stereocenters. The van der Waals surface area contributed by atoms with Gasteiger partial charge in [-0.2, -0.15) is 0 Å². The number of rotatable bonds is 5. The number of hydrogen-bond donors (Lipinski definition) is 2. The lowest BCUT2D eigenvalue weighted by Crippen LogP contribution is -2.31. The summed E-state index contributed by atoms with van der Waals surface area (Å²) < 4.78 is 27.6. The van der Waals surface area contributed by atoms with Gasteiger partial charge >= 0.3 is 0 Å². The summed E-state index contributed by atoms with van der Waals surface area (Å²) >= 11 is 0. The highest BCUT2D eigenvalue weighted by molar-refractivity contribution is 5.95. The van der Waals surface area contributed by atoms with Crippen molar-refractivity contribution in [1.82, 2.24) is 5.32 Å². The fourth-order valence-corrected chi connectivity index (χ4v) is 2.62. The Morgan fingerprint density at radius 1 is 1.12 bits per heavy atom. The molecule has 0 radical (unpaired) electrons. The van der Waals surface area contributed by atoms with E-state index in [1.165, 1.54) is 6.07 Å². The van der Waals surface area contributed by atoms with Gasteiger partial charge in [-0.3, -0.25) is 4.79 Å². The van der Waals surface area contributed by atoms with Gasteiger partial charge in [0.1, 0.15) is 17.2 Å². The SMILES string of the molecule is CC(C)(C)c1cccc(C(CCO)NC(=O)c2c(F)cccc2F)c1. The zero-order valence-corrected chi connectivity index (χ0v) is 14.6. The molecule has 2 aromatic rings. The third kappa shape index (κ3) is 4.63. The highest BCUT2D eigenvalue weighted by Crippen LogP contribution is 2.26. The summed E-state index contributed by atoms with van der Waals surface area (Å²) in [6, 6.07) is 10.4. The Morgan fingerprint density at radius 2 is 1.72 bits per heavy atom. The molecule has 2 N–H and O–H groups in total. The molecule has 134 valence electrons. The fourth-order valence-electron chi connectivity index (χ4n) is 2.62. The van der Waals surface area contributed by atoms with Crippen molar-refractivity contribution < 1.29 is 18.7 Å². The molecule has 5 heteroatoms. The predicted molar refractivity (Wildman–Crippen MR) is 93.4 cm³/mol. The Balaban J connectivity index is 2.32. The Kier molecular flexibility index (Phi) is 5.90. The molecule has 0 bridgehead atoms. The molecule has 1 atom stereocenters. The number of benzene rings is 2. The van der Waals surface area contributed by atoms with Gasteiger partial charge in [-0.1, -0.05) is 51.1 Å². The van der Waals surface area contributed by atoms with Gasteiger partial charge in [-0.15, -0.1) is 0 Å². The highest BCUT2D eigenvalue weighted by atomic mass is 19.1. The summed E-state index contributed by atoms with van der Waals surface area (Å²) in [5, 5.41) is 12.0. The van der Waals surface area contributed by atoms with Gasteiger partial charge in [0.25, 0.3) is 5.91 Å². The van der Waals surface area contributed by atoms with E-state index < -0.39 is 29.1 Å². The molecule has 0 saturated carbocycles. The van der Waals surface area contributed by atoms with Gasteiger partial charge in [0.2, 0.25) is 0 Å². The molecular formula is C20H23F2NO2. The lowest BCUT2D eigenvalue weighted by Gasteiger charge is -2.23. The molecule has 0 spiro atoms. The van der Waals surface area contributed by atoms with E-state index in [0.29, 0.717) is 0 Å². The van der Waals surface area contributed by atoms with Crippen LogP contribution in [0.3, 0.4) is 0 Å². The summed E-state index contributed by atoms with van der Waals surface area (Å²) in [4.78, 5) is 12.4. The molecule has 3 nitrogen and oxygen atoms in total. The monoisotopic (exact) mass is 347 g/mol. The predicted octanol–water partition coefficient (Wildman–Crippen LogP) is 4.12. The van der Waals surface area contributed by atoms with Gasteiger partial charge < -0.3 is 10.4 Å². The average molecular weight is 347 g/mol. The number of aliphatic hydroxyl groups excluding tert-OH is 1. The molecule has 2 rings (SSSR count). The molecule has 1 amide bonds. The van der Waals surface area contributed by atoms with Crippen molar-refractivity contribution >= 4 is 5.91 Å². The van der Waals surface area contributed by atoms with Crippen LogP contribution in [-0.2, 0) is 5.41 Å². The minimum Gasteiger partial charge on any atom is -0.396 e. The van der Waals surface area contributed by atoms with Gasteiger partial charge in [-0.25, -0.2) is 8.78 Å². The van der Waals surface area contributed by atoms with Crippen molar-refractivity contribution in [2.75, 3.05) is 6.61 Å². The molecule has 2 aromatic carbocycles. The topological polar surface area (TPSA) is 49.3 Å². The van der Waals surface area contributed by atoms with E-state index in [-0.39, 0.29) is 18.4 Å². The van der Waals surface area contributed by atoms with E-state index in [9.17, 15) is 18.7 Å². The summed E-state index contributed by atoms with van der Waals surface area (Å²) in [7, 11) is 0. The molecule has 0 saturated heterocycles. The minimum absolute atomic E-state index is 0.0819. The van der Waals surface area contributed by atoms with Crippen LogP contribution in [0.2, 0.25) is 0 Å². The standard InChI is InChI=1S/C20H23F2NO2/c1-20(2,3)14-7-4-6-13(12-14)17(10-11-24)23-19(25)18-15(21)8-5-9-16(18)22/h4-9,12,17,24H,10-11H2,1-3H3,(H,23,25). The fraction of sp³-hybridized carbons (Fsp3) is 0.350. The molecular weight excluding hydrogens is 324 g/mol. The molecule has 0 aliphatic rings. The maximum Gasteiger partial charge on any atom is 0.257 e. The summed E-state index contributed by atoms with van der Waals surface area (Å²) in [5.41, 5.74) is 1.16. The van der Waals surface area contributed by atoms with Gasteiger partial charge in [-0.05, 0) is 35.1 Å². The number of nitrogens with one attached hydrogen (secondary N) is 1. The maximum atomic E-state index is 13.8. The van der Waals surface area contributed by atoms with E-state index >= 15 is 0 Å². The lowest BCUT2D eigenvalue weighted by atomic mass is 9.85. The normalized spacial score (nSPS) is 12.7. The number of amides is 1. The quantitative estimate of drug-likeness (QED) is 0.855. The molecule has 0 aliphatic heterocycles. The van der Waals surface area contributed by atoms with Gasteiger partial charge in [0.15, 0.2) is 0 Å². The molecule has 0 fully saturated rings. The van der Waals surface area contributed by atoms with E-state index in [1.807, 2.05) is 24.3 Å². The Morgan fingerprint density at radius 3 is 2.28 bits per heavy atom. The van der Waals surface area contributed by atoms with Crippen molar-refractivity contribution in [3.05, 3.63) is 70.8 Å². The number of halogens is 2. The van der Waals surface area contributed by atoms with Crippen LogP contribution in [0.15, 0.2) is 42.5 Å². The number of aliphatic hydroxyl groups is 1. The number of carbonyl (C=O) groups is 1. The van der Waals surface area contributed by atoms with Crippen LogP contribution < -0.4 is 5.32 Å². The lowest BCUT2D eigenvalue weighted by molar-refractivity contribution is 0.0921. The third-order valence-electron chi connectivity index (χ3n) is 4.07. The van der Waals surface area contributed by atoms with Crippen molar-refractivity contribution in [1.29, 1.82) is 0 Å². The summed E-state index contributed by atoms with van der Waals surface area (Å²) in [6.45, 7) is 6.05. The van der Waals surface area contributed by atoms with Crippen LogP contribution in [-0.4, -0.2) is 17.6 Å². The Labute approximate surface area is 146 Å². The second kappa shape index (κ2) is 7.74. The molecule has 25 heavy (non-hydrogen) atoms. The van der Waals surface area contributed by atoms with E-state index in [0.717, 1.165) is 23.3 Å². The Bertz CT molecular complexity index is 733. The van der Waals surface area contributed by atoms with Crippen LogP contribution >= 0.6 is 0 Å². The first-order valence-electron chi connectivity index (χ1n) is 8.20. The maximum absolute atomic E-state index is 13.8. The minimum atomic E-state index is -0.913. The first-order valence-corrected chi connectivity index (χ1v) is 8.20. The largest absolute Gasteiger partial charge is 0.396 e. The second-order valence-corrected chi connectivity index (χ2v) is 7.01. The van der Waals surface area contributed by atoms with Crippen molar-refractivity contribution in [3.8, 4) is 0 Å². The van der Waals surface area contributed by atoms with Crippen LogP contribution in [0, 0.1) is 11.6 Å². The van der Waals surface area contributed by atoms with E-state index in [1.54, 1.807) is 0 Å². The first kappa shape index (κ1) is 19.1. The number of hydrogen-bond acceptors (Lipinski definition) is 2. The van der Waals surface area contributed by atoms with Crippen LogP contribution in [0.5, 0.6) is 0 Å². The average Bonchev–Trinajstić information content (AvgIpc) is 2.53. The molecule has 0 heterocycles. The molecule has 0 aromatic heterocycles. The third-order valence-corrected chi connectivity index (χ3v) is 4.07. The van der Waals surface area contributed by atoms with Crippen molar-refractivity contribution in [2.24, 2.45) is 0 Å². The summed E-state index contributed by atoms with van der Waals surface area (Å²) in [5.74, 6) is -2.66. The summed E-state index contributed by atoms with van der Waals surface area (Å²) in [6.07, 6.45) is 0.245.